The summed E-state index contributed by atoms with van der Waals surface area (Å²) < 4.78 is 11.1. The number of rotatable bonds is 11. The Morgan fingerprint density at radius 2 is 1.90 bits per heavy atom. The van der Waals surface area contributed by atoms with Gasteiger partial charge in [-0.15, -0.1) is 0 Å². The second kappa shape index (κ2) is 10.9. The first-order chi connectivity index (χ1) is 15.1. The van der Waals surface area contributed by atoms with Gasteiger partial charge in [0.1, 0.15) is 11.5 Å². The van der Waals surface area contributed by atoms with Crippen molar-refractivity contribution in [1.29, 1.82) is 0 Å². The van der Waals surface area contributed by atoms with Crippen LogP contribution in [0.5, 0.6) is 11.5 Å². The van der Waals surface area contributed by atoms with Gasteiger partial charge in [0.25, 0.3) is 0 Å². The van der Waals surface area contributed by atoms with E-state index in [9.17, 15) is 4.79 Å². The number of H-pyrrole nitrogens is 1. The molecule has 0 spiro atoms. The number of aromatic nitrogens is 1. The van der Waals surface area contributed by atoms with Gasteiger partial charge in [-0.1, -0.05) is 51.0 Å². The van der Waals surface area contributed by atoms with Crippen LogP contribution in [0.3, 0.4) is 0 Å². The third-order valence-corrected chi connectivity index (χ3v) is 5.90. The van der Waals surface area contributed by atoms with E-state index in [1.54, 1.807) is 14.2 Å². The number of unbranched alkanes of at least 4 members (excludes halogenated alkanes) is 2. The van der Waals surface area contributed by atoms with E-state index in [2.05, 4.69) is 42.3 Å². The Hall–Kier alpha value is -2.95. The van der Waals surface area contributed by atoms with E-state index in [1.807, 2.05) is 24.4 Å². The van der Waals surface area contributed by atoms with Crippen molar-refractivity contribution in [1.82, 2.24) is 10.3 Å². The van der Waals surface area contributed by atoms with Crippen LogP contribution in [0.15, 0.2) is 42.6 Å². The van der Waals surface area contributed by atoms with Gasteiger partial charge in [-0.25, -0.2) is 0 Å². The Morgan fingerprint density at radius 1 is 1.06 bits per heavy atom. The number of hydrogen-bond acceptors (Lipinski definition) is 3. The van der Waals surface area contributed by atoms with Crippen molar-refractivity contribution in [3.8, 4) is 11.5 Å². The lowest BCUT2D eigenvalue weighted by molar-refractivity contribution is -0.121. The molecule has 0 aliphatic heterocycles. The molecule has 1 amide bonds. The van der Waals surface area contributed by atoms with E-state index < -0.39 is 0 Å². The first-order valence-electron chi connectivity index (χ1n) is 11.2. The number of carbonyl (C=O) groups is 1. The van der Waals surface area contributed by atoms with Gasteiger partial charge in [0, 0.05) is 47.6 Å². The van der Waals surface area contributed by atoms with E-state index in [1.165, 1.54) is 5.56 Å². The second-order valence-corrected chi connectivity index (χ2v) is 7.86. The molecule has 0 radical (unpaired) electrons. The molecule has 3 aromatic rings. The summed E-state index contributed by atoms with van der Waals surface area (Å²) in [6.45, 7) is 5.03. The van der Waals surface area contributed by atoms with Crippen molar-refractivity contribution in [3.63, 3.8) is 0 Å². The van der Waals surface area contributed by atoms with Crippen LogP contribution < -0.4 is 14.8 Å². The summed E-state index contributed by atoms with van der Waals surface area (Å²) >= 11 is 0. The average molecular weight is 423 g/mol. The van der Waals surface area contributed by atoms with Crippen molar-refractivity contribution >= 4 is 16.8 Å². The highest BCUT2D eigenvalue weighted by Gasteiger charge is 2.25. The number of amides is 1. The summed E-state index contributed by atoms with van der Waals surface area (Å²) in [5.74, 6) is 1.38. The maximum atomic E-state index is 12.9. The van der Waals surface area contributed by atoms with Crippen LogP contribution in [0.25, 0.3) is 10.9 Å². The zero-order valence-corrected chi connectivity index (χ0v) is 19.1. The molecular formula is C26H34N2O3. The minimum Gasteiger partial charge on any atom is -0.497 e. The molecule has 31 heavy (non-hydrogen) atoms. The smallest absolute Gasteiger partial charge is 0.220 e. The quantitative estimate of drug-likeness (QED) is 0.397. The number of aryl methyl sites for hydroxylation is 1. The summed E-state index contributed by atoms with van der Waals surface area (Å²) in [6, 6.07) is 12.2. The highest BCUT2D eigenvalue weighted by molar-refractivity contribution is 5.88. The first kappa shape index (κ1) is 22.7. The maximum Gasteiger partial charge on any atom is 0.220 e. The predicted octanol–water partition coefficient (Wildman–Crippen LogP) is 5.58. The summed E-state index contributed by atoms with van der Waals surface area (Å²) in [7, 11) is 3.30. The second-order valence-electron chi connectivity index (χ2n) is 7.86. The van der Waals surface area contributed by atoms with Crippen molar-refractivity contribution < 1.29 is 14.3 Å². The van der Waals surface area contributed by atoms with E-state index in [-0.39, 0.29) is 11.8 Å². The SMILES string of the molecule is CCCCCNC(=O)CC(c1ccc(OC)cc1OC)c1c[nH]c2c(CC)cccc12. The van der Waals surface area contributed by atoms with Gasteiger partial charge in [-0.3, -0.25) is 4.79 Å². The molecule has 1 aromatic heterocycles. The zero-order valence-electron chi connectivity index (χ0n) is 19.1. The van der Waals surface area contributed by atoms with Gasteiger partial charge < -0.3 is 19.8 Å². The molecule has 1 atom stereocenters. The Kier molecular flexibility index (Phi) is 7.99. The number of hydrogen-bond donors (Lipinski definition) is 2. The fraction of sp³-hybridized carbons (Fsp3) is 0.423. The van der Waals surface area contributed by atoms with Crippen LogP contribution in [0.2, 0.25) is 0 Å². The lowest BCUT2D eigenvalue weighted by Crippen LogP contribution is -2.26. The van der Waals surface area contributed by atoms with E-state index in [0.717, 1.165) is 59.2 Å². The fourth-order valence-electron chi connectivity index (χ4n) is 4.18. The molecule has 1 heterocycles. The molecule has 5 nitrogen and oxygen atoms in total. The van der Waals surface area contributed by atoms with E-state index in [4.69, 9.17) is 9.47 Å². The lowest BCUT2D eigenvalue weighted by atomic mass is 9.87. The molecule has 3 rings (SSSR count). The molecule has 0 aliphatic rings. The number of fused-ring (bicyclic) bond motifs is 1. The molecule has 5 heteroatoms. The van der Waals surface area contributed by atoms with Crippen LogP contribution in [-0.2, 0) is 11.2 Å². The molecule has 0 saturated carbocycles. The number of methoxy groups -OCH3 is 2. The van der Waals surface area contributed by atoms with Gasteiger partial charge in [0.15, 0.2) is 0 Å². The van der Waals surface area contributed by atoms with Crippen LogP contribution in [0, 0.1) is 0 Å². The average Bonchev–Trinajstić information content (AvgIpc) is 3.24. The monoisotopic (exact) mass is 422 g/mol. The molecule has 0 aliphatic carbocycles. The maximum absolute atomic E-state index is 12.9. The fourth-order valence-corrected chi connectivity index (χ4v) is 4.18. The minimum absolute atomic E-state index is 0.0555. The van der Waals surface area contributed by atoms with Gasteiger partial charge >= 0.3 is 0 Å². The van der Waals surface area contributed by atoms with Crippen molar-refractivity contribution in [2.45, 2.75) is 51.9 Å². The molecule has 0 bridgehead atoms. The number of benzene rings is 2. The summed E-state index contributed by atoms with van der Waals surface area (Å²) in [4.78, 5) is 16.3. The van der Waals surface area contributed by atoms with Crippen molar-refractivity contribution in [3.05, 3.63) is 59.3 Å². The topological polar surface area (TPSA) is 63.4 Å². The highest BCUT2D eigenvalue weighted by atomic mass is 16.5. The number of nitrogens with one attached hydrogen (secondary N) is 2. The molecule has 0 saturated heterocycles. The normalized spacial score (nSPS) is 12.0. The van der Waals surface area contributed by atoms with Gasteiger partial charge in [-0.2, -0.15) is 0 Å². The standard InChI is InChI=1S/C26H34N2O3/c1-5-7-8-14-27-25(29)16-22(20-13-12-19(30-3)15-24(20)31-4)23-17-28-26-18(6-2)10-9-11-21(23)26/h9-13,15,17,22,28H,5-8,14,16H2,1-4H3,(H,27,29). The molecule has 166 valence electrons. The summed E-state index contributed by atoms with van der Waals surface area (Å²) in [6.07, 6.45) is 6.62. The molecule has 0 fully saturated rings. The summed E-state index contributed by atoms with van der Waals surface area (Å²) in [5.41, 5.74) is 4.50. The Morgan fingerprint density at radius 3 is 2.61 bits per heavy atom. The molecule has 2 aromatic carbocycles. The van der Waals surface area contributed by atoms with Gasteiger partial charge in [0.2, 0.25) is 5.91 Å². The van der Waals surface area contributed by atoms with E-state index >= 15 is 0 Å². The predicted molar refractivity (Wildman–Crippen MR) is 126 cm³/mol. The van der Waals surface area contributed by atoms with Crippen LogP contribution >= 0.6 is 0 Å². The molecular weight excluding hydrogens is 388 g/mol. The van der Waals surface area contributed by atoms with E-state index in [0.29, 0.717) is 13.0 Å². The van der Waals surface area contributed by atoms with Crippen LogP contribution in [-0.4, -0.2) is 31.7 Å². The highest BCUT2D eigenvalue weighted by Crippen LogP contribution is 2.39. The molecule has 2 N–H and O–H groups in total. The number of para-hydroxylation sites is 1. The molecule has 1 unspecified atom stereocenters. The van der Waals surface area contributed by atoms with Gasteiger partial charge in [0.05, 0.1) is 14.2 Å². The minimum atomic E-state index is -0.132. The number of carbonyl (C=O) groups excluding carboxylic acids is 1. The van der Waals surface area contributed by atoms with Crippen LogP contribution in [0.4, 0.5) is 0 Å². The van der Waals surface area contributed by atoms with Crippen LogP contribution in [0.1, 0.15) is 62.1 Å². The summed E-state index contributed by atoms with van der Waals surface area (Å²) in [5, 5.41) is 4.25. The Labute approximate surface area is 185 Å². The largest absolute Gasteiger partial charge is 0.497 e. The Balaban J connectivity index is 2.01. The van der Waals surface area contributed by atoms with Crippen molar-refractivity contribution in [2.75, 3.05) is 20.8 Å². The first-order valence-corrected chi connectivity index (χ1v) is 11.2. The third kappa shape index (κ3) is 5.22. The van der Waals surface area contributed by atoms with Gasteiger partial charge in [-0.05, 0) is 30.0 Å². The van der Waals surface area contributed by atoms with Crippen molar-refractivity contribution in [2.24, 2.45) is 0 Å². The number of aromatic amines is 1. The number of ether oxygens (including phenoxy) is 2. The zero-order chi connectivity index (χ0) is 22.2. The lowest BCUT2D eigenvalue weighted by Gasteiger charge is -2.20. The Bertz CT molecular complexity index is 1010. The third-order valence-electron chi connectivity index (χ3n) is 5.90.